The molecule has 0 heterocycles. The monoisotopic (exact) mass is 490 g/mol. The van der Waals surface area contributed by atoms with Crippen molar-refractivity contribution in [2.24, 2.45) is 0 Å². The van der Waals surface area contributed by atoms with Crippen molar-refractivity contribution in [3.05, 3.63) is 58.1 Å². The second-order valence-corrected chi connectivity index (χ2v) is 10.8. The van der Waals surface area contributed by atoms with Gasteiger partial charge in [-0.3, -0.25) is 0 Å². The molecule has 10 heteroatoms. The van der Waals surface area contributed by atoms with E-state index in [-0.39, 0.29) is 23.2 Å². The highest BCUT2D eigenvalue weighted by atomic mass is 79.9. The second kappa shape index (κ2) is 9.36. The van der Waals surface area contributed by atoms with Crippen molar-refractivity contribution in [3.8, 4) is 5.75 Å². The Bertz CT molecular complexity index is 1020. The molecule has 0 fully saturated rings. The molecule has 0 saturated carbocycles. The number of hydrogen-bond donors (Lipinski definition) is 2. The third kappa shape index (κ3) is 6.56. The van der Waals surface area contributed by atoms with Crippen LogP contribution in [0.25, 0.3) is 0 Å². The van der Waals surface area contributed by atoms with E-state index in [0.29, 0.717) is 21.3 Å². The molecule has 0 aliphatic carbocycles. The molecule has 2 rings (SSSR count). The van der Waals surface area contributed by atoms with Gasteiger partial charge in [-0.25, -0.2) is 26.3 Å². The summed E-state index contributed by atoms with van der Waals surface area (Å²) in [5.74, 6) is 0.410. The smallest absolute Gasteiger partial charge is 0.240 e. The molecule has 28 heavy (non-hydrogen) atoms. The van der Waals surface area contributed by atoms with E-state index in [4.69, 9.17) is 4.74 Å². The molecule has 0 bridgehead atoms. The van der Waals surface area contributed by atoms with Crippen LogP contribution in [0.3, 0.4) is 0 Å². The van der Waals surface area contributed by atoms with Crippen molar-refractivity contribution in [3.63, 3.8) is 0 Å². The SMILES string of the molecule is COc1ccc(S(=O)(=O)NCc2ccc(CS(=O)(=O)NC(C)C)cc2)cc1Br. The van der Waals surface area contributed by atoms with E-state index in [1.54, 1.807) is 44.2 Å². The van der Waals surface area contributed by atoms with Gasteiger partial charge in [0.15, 0.2) is 0 Å². The van der Waals surface area contributed by atoms with E-state index in [1.165, 1.54) is 19.2 Å². The number of nitrogens with one attached hydrogen (secondary N) is 2. The van der Waals surface area contributed by atoms with Crippen LogP contribution in [-0.4, -0.2) is 30.0 Å². The van der Waals surface area contributed by atoms with Crippen LogP contribution in [0.5, 0.6) is 5.75 Å². The molecular formula is C18H23BrN2O5S2. The Morgan fingerprint density at radius 2 is 1.61 bits per heavy atom. The Labute approximate surface area is 174 Å². The zero-order valence-corrected chi connectivity index (χ0v) is 19.0. The van der Waals surface area contributed by atoms with E-state index in [9.17, 15) is 16.8 Å². The normalized spacial score (nSPS) is 12.3. The number of hydrogen-bond acceptors (Lipinski definition) is 5. The second-order valence-electron chi connectivity index (χ2n) is 6.47. The quantitative estimate of drug-likeness (QED) is 0.562. The van der Waals surface area contributed by atoms with E-state index < -0.39 is 20.0 Å². The number of rotatable bonds is 9. The first-order chi connectivity index (χ1) is 13.0. The van der Waals surface area contributed by atoms with Crippen LogP contribution in [0, 0.1) is 0 Å². The zero-order chi connectivity index (χ0) is 20.9. The fourth-order valence-electron chi connectivity index (χ4n) is 2.45. The van der Waals surface area contributed by atoms with Crippen molar-refractivity contribution in [2.45, 2.75) is 37.1 Å². The van der Waals surface area contributed by atoms with Crippen molar-refractivity contribution >= 4 is 36.0 Å². The summed E-state index contributed by atoms with van der Waals surface area (Å²) in [5.41, 5.74) is 1.34. The van der Waals surface area contributed by atoms with Gasteiger partial charge in [0.2, 0.25) is 20.0 Å². The van der Waals surface area contributed by atoms with Gasteiger partial charge in [-0.05, 0) is 59.1 Å². The van der Waals surface area contributed by atoms with Crippen LogP contribution < -0.4 is 14.2 Å². The highest BCUT2D eigenvalue weighted by molar-refractivity contribution is 9.10. The van der Waals surface area contributed by atoms with Crippen LogP contribution >= 0.6 is 15.9 Å². The number of benzene rings is 2. The van der Waals surface area contributed by atoms with Crippen molar-refractivity contribution in [1.29, 1.82) is 0 Å². The van der Waals surface area contributed by atoms with Crippen LogP contribution in [0.1, 0.15) is 25.0 Å². The number of sulfonamides is 2. The summed E-state index contributed by atoms with van der Waals surface area (Å²) in [6, 6.07) is 11.1. The minimum atomic E-state index is -3.70. The Hall–Kier alpha value is -1.46. The van der Waals surface area contributed by atoms with Gasteiger partial charge in [-0.2, -0.15) is 0 Å². The van der Waals surface area contributed by atoms with Gasteiger partial charge in [0.1, 0.15) is 5.75 Å². The first kappa shape index (κ1) is 22.8. The third-order valence-corrected chi connectivity index (χ3v) is 7.26. The minimum absolute atomic E-state index is 0.0866. The molecule has 2 aromatic carbocycles. The molecule has 0 aromatic heterocycles. The van der Waals surface area contributed by atoms with Crippen LogP contribution in [-0.2, 0) is 32.3 Å². The predicted molar refractivity (Wildman–Crippen MR) is 112 cm³/mol. The standard InChI is InChI=1S/C18H23BrN2O5S2/c1-13(2)21-27(22,23)12-15-6-4-14(5-7-15)11-20-28(24,25)16-8-9-18(26-3)17(19)10-16/h4-10,13,20-21H,11-12H2,1-3H3. The zero-order valence-electron chi connectivity index (χ0n) is 15.8. The molecule has 0 atom stereocenters. The van der Waals surface area contributed by atoms with Gasteiger partial charge < -0.3 is 4.74 Å². The predicted octanol–water partition coefficient (Wildman–Crippen LogP) is 2.76. The molecule has 0 radical (unpaired) electrons. The lowest BCUT2D eigenvalue weighted by Gasteiger charge is -2.11. The summed E-state index contributed by atoms with van der Waals surface area (Å²) in [6.07, 6.45) is 0. The molecule has 2 N–H and O–H groups in total. The molecular weight excluding hydrogens is 468 g/mol. The van der Waals surface area contributed by atoms with Crippen LogP contribution in [0.4, 0.5) is 0 Å². The van der Waals surface area contributed by atoms with Gasteiger partial charge in [-0.15, -0.1) is 0 Å². The van der Waals surface area contributed by atoms with E-state index >= 15 is 0 Å². The molecule has 0 amide bonds. The Morgan fingerprint density at radius 3 is 2.14 bits per heavy atom. The van der Waals surface area contributed by atoms with E-state index in [0.717, 1.165) is 0 Å². The van der Waals surface area contributed by atoms with Crippen LogP contribution in [0.2, 0.25) is 0 Å². The summed E-state index contributed by atoms with van der Waals surface area (Å²) < 4.78 is 59.5. The molecule has 2 aromatic rings. The third-order valence-electron chi connectivity index (χ3n) is 3.69. The highest BCUT2D eigenvalue weighted by Crippen LogP contribution is 2.27. The molecule has 0 unspecified atom stereocenters. The van der Waals surface area contributed by atoms with Crippen molar-refractivity contribution < 1.29 is 21.6 Å². The molecule has 0 saturated heterocycles. The topological polar surface area (TPSA) is 102 Å². The van der Waals surface area contributed by atoms with Crippen molar-refractivity contribution in [1.82, 2.24) is 9.44 Å². The maximum atomic E-state index is 12.5. The lowest BCUT2D eigenvalue weighted by molar-refractivity contribution is 0.411. The van der Waals surface area contributed by atoms with Crippen LogP contribution in [0.15, 0.2) is 51.8 Å². The maximum Gasteiger partial charge on any atom is 0.240 e. The molecule has 0 spiro atoms. The largest absolute Gasteiger partial charge is 0.496 e. The average molecular weight is 491 g/mol. The van der Waals surface area contributed by atoms with Gasteiger partial charge in [0.25, 0.3) is 0 Å². The fourth-order valence-corrected chi connectivity index (χ4v) is 5.62. The summed E-state index contributed by atoms with van der Waals surface area (Å²) in [7, 11) is -5.60. The fraction of sp³-hybridized carbons (Fsp3) is 0.333. The van der Waals surface area contributed by atoms with E-state index in [1.807, 2.05) is 0 Å². The Kier molecular flexibility index (Phi) is 7.63. The molecule has 0 aliphatic heterocycles. The van der Waals surface area contributed by atoms with Gasteiger partial charge in [-0.1, -0.05) is 24.3 Å². The van der Waals surface area contributed by atoms with E-state index in [2.05, 4.69) is 25.4 Å². The summed E-state index contributed by atoms with van der Waals surface area (Å²) >= 11 is 3.27. The molecule has 7 nitrogen and oxygen atoms in total. The lowest BCUT2D eigenvalue weighted by atomic mass is 10.1. The number of halogens is 1. The summed E-state index contributed by atoms with van der Waals surface area (Å²) in [4.78, 5) is 0.114. The maximum absolute atomic E-state index is 12.5. The molecule has 154 valence electrons. The number of methoxy groups -OCH3 is 1. The minimum Gasteiger partial charge on any atom is -0.496 e. The Balaban J connectivity index is 2.03. The number of ether oxygens (including phenoxy) is 1. The highest BCUT2D eigenvalue weighted by Gasteiger charge is 2.16. The van der Waals surface area contributed by atoms with Crippen molar-refractivity contribution in [2.75, 3.05) is 7.11 Å². The van der Waals surface area contributed by atoms with Gasteiger partial charge >= 0.3 is 0 Å². The van der Waals surface area contributed by atoms with Gasteiger partial charge in [0.05, 0.1) is 22.2 Å². The summed E-state index contributed by atoms with van der Waals surface area (Å²) in [6.45, 7) is 3.60. The first-order valence-corrected chi connectivity index (χ1v) is 12.4. The van der Waals surface area contributed by atoms with Gasteiger partial charge in [0, 0.05) is 12.6 Å². The average Bonchev–Trinajstić information content (AvgIpc) is 2.59. The Morgan fingerprint density at radius 1 is 1.00 bits per heavy atom. The lowest BCUT2D eigenvalue weighted by Crippen LogP contribution is -2.31. The molecule has 0 aliphatic rings. The summed E-state index contributed by atoms with van der Waals surface area (Å²) in [5, 5.41) is 0. The first-order valence-electron chi connectivity index (χ1n) is 8.43.